The molecule has 3 rings (SSSR count). The summed E-state index contributed by atoms with van der Waals surface area (Å²) in [6, 6.07) is 0.636. The van der Waals surface area contributed by atoms with Crippen molar-refractivity contribution in [1.82, 2.24) is 10.2 Å². The largest absolute Gasteiger partial charge is 0.393 e. The maximum atomic E-state index is 9.84. The molecule has 2 N–H and O–H groups in total. The minimum Gasteiger partial charge on any atom is -0.393 e. The third kappa shape index (κ3) is 2.35. The van der Waals surface area contributed by atoms with E-state index in [9.17, 15) is 5.11 Å². The third-order valence-corrected chi connectivity index (χ3v) is 4.81. The normalized spacial score (nSPS) is 39.7. The predicted octanol–water partition coefficient (Wildman–Crippen LogP) is 1.21. The third-order valence-electron chi connectivity index (χ3n) is 4.81. The van der Waals surface area contributed by atoms with Crippen LogP contribution in [0.25, 0.3) is 0 Å². The standard InChI is InChI=1S/C14H25N3O/c1-10-5-6-12-8-16-14(17(12)9-10)15-7-11-3-2-4-13(11)18/h10-13,18H,2-9H2,1H3,(H,15,16). The number of nitrogens with zero attached hydrogens (tertiary/aromatic N) is 2. The second kappa shape index (κ2) is 5.08. The fourth-order valence-electron chi connectivity index (χ4n) is 3.58. The Morgan fingerprint density at radius 2 is 2.22 bits per heavy atom. The summed E-state index contributed by atoms with van der Waals surface area (Å²) < 4.78 is 0. The molecule has 4 heteroatoms. The van der Waals surface area contributed by atoms with Crippen molar-refractivity contribution in [2.24, 2.45) is 16.8 Å². The summed E-state index contributed by atoms with van der Waals surface area (Å²) in [5.74, 6) is 2.29. The lowest BCUT2D eigenvalue weighted by Gasteiger charge is -2.36. The molecule has 1 saturated heterocycles. The van der Waals surface area contributed by atoms with Crippen LogP contribution in [0.2, 0.25) is 0 Å². The van der Waals surface area contributed by atoms with E-state index in [4.69, 9.17) is 0 Å². The molecular weight excluding hydrogens is 226 g/mol. The number of piperidine rings is 1. The average Bonchev–Trinajstić information content (AvgIpc) is 2.93. The lowest BCUT2D eigenvalue weighted by atomic mass is 9.95. The van der Waals surface area contributed by atoms with Gasteiger partial charge in [-0.15, -0.1) is 0 Å². The maximum absolute atomic E-state index is 9.84. The Bertz CT molecular complexity index is 331. The highest BCUT2D eigenvalue weighted by Gasteiger charge is 2.33. The Hall–Kier alpha value is -0.770. The first kappa shape index (κ1) is 12.3. The molecule has 4 atom stereocenters. The van der Waals surface area contributed by atoms with E-state index in [1.165, 1.54) is 19.3 Å². The molecule has 4 unspecified atom stereocenters. The minimum absolute atomic E-state index is 0.101. The molecule has 102 valence electrons. The molecule has 4 nitrogen and oxygen atoms in total. The Labute approximate surface area is 109 Å². The first-order chi connectivity index (χ1) is 8.74. The van der Waals surface area contributed by atoms with Crippen molar-refractivity contribution < 1.29 is 5.11 Å². The van der Waals surface area contributed by atoms with Gasteiger partial charge in [0.15, 0.2) is 5.96 Å². The summed E-state index contributed by atoms with van der Waals surface area (Å²) in [5.41, 5.74) is 0. The molecule has 2 aliphatic heterocycles. The Kier molecular flexibility index (Phi) is 3.46. The van der Waals surface area contributed by atoms with Gasteiger partial charge in [0.25, 0.3) is 0 Å². The maximum Gasteiger partial charge on any atom is 0.194 e. The first-order valence-electron chi connectivity index (χ1n) is 7.47. The Morgan fingerprint density at radius 3 is 3.00 bits per heavy atom. The van der Waals surface area contributed by atoms with Gasteiger partial charge in [-0.2, -0.15) is 0 Å². The van der Waals surface area contributed by atoms with Crippen LogP contribution in [0.4, 0.5) is 0 Å². The van der Waals surface area contributed by atoms with E-state index in [-0.39, 0.29) is 6.10 Å². The highest BCUT2D eigenvalue weighted by molar-refractivity contribution is 5.82. The van der Waals surface area contributed by atoms with Crippen molar-refractivity contribution in [2.75, 3.05) is 19.6 Å². The molecule has 0 aromatic rings. The molecule has 18 heavy (non-hydrogen) atoms. The van der Waals surface area contributed by atoms with Crippen molar-refractivity contribution >= 4 is 5.96 Å². The molecule has 1 saturated carbocycles. The van der Waals surface area contributed by atoms with Gasteiger partial charge in [0, 0.05) is 19.0 Å². The van der Waals surface area contributed by atoms with E-state index in [0.717, 1.165) is 44.4 Å². The predicted molar refractivity (Wildman–Crippen MR) is 72.5 cm³/mol. The van der Waals surface area contributed by atoms with Crippen molar-refractivity contribution in [2.45, 2.75) is 51.2 Å². The van der Waals surface area contributed by atoms with Gasteiger partial charge in [0.2, 0.25) is 0 Å². The number of aliphatic imine (C=N–C) groups is 1. The van der Waals surface area contributed by atoms with Gasteiger partial charge < -0.3 is 15.3 Å². The summed E-state index contributed by atoms with van der Waals surface area (Å²) in [5, 5.41) is 13.3. The van der Waals surface area contributed by atoms with Gasteiger partial charge in [-0.05, 0) is 31.6 Å². The number of aliphatic hydroxyl groups is 1. The molecule has 0 aromatic carbocycles. The molecule has 0 spiro atoms. The molecule has 1 aliphatic carbocycles. The molecular formula is C14H25N3O. The molecule has 0 bridgehead atoms. The number of aliphatic hydroxyl groups excluding tert-OH is 1. The van der Waals surface area contributed by atoms with Crippen LogP contribution in [0.15, 0.2) is 4.99 Å². The second-order valence-electron chi connectivity index (χ2n) is 6.29. The highest BCUT2D eigenvalue weighted by atomic mass is 16.3. The van der Waals surface area contributed by atoms with Crippen LogP contribution in [0, 0.1) is 11.8 Å². The summed E-state index contributed by atoms with van der Waals surface area (Å²) in [6.45, 7) is 5.32. The number of hydrogen-bond donors (Lipinski definition) is 2. The fourth-order valence-corrected chi connectivity index (χ4v) is 3.58. The number of hydrogen-bond acceptors (Lipinski definition) is 4. The van der Waals surface area contributed by atoms with Gasteiger partial charge in [-0.25, -0.2) is 0 Å². The van der Waals surface area contributed by atoms with Crippen molar-refractivity contribution in [3.05, 3.63) is 0 Å². The van der Waals surface area contributed by atoms with Crippen LogP contribution < -0.4 is 5.32 Å². The van der Waals surface area contributed by atoms with E-state index in [0.29, 0.717) is 12.0 Å². The first-order valence-corrected chi connectivity index (χ1v) is 7.47. The van der Waals surface area contributed by atoms with Gasteiger partial charge in [-0.1, -0.05) is 13.3 Å². The van der Waals surface area contributed by atoms with Crippen LogP contribution >= 0.6 is 0 Å². The quantitative estimate of drug-likeness (QED) is 0.775. The number of fused-ring (bicyclic) bond motifs is 1. The topological polar surface area (TPSA) is 47.9 Å². The number of nitrogens with one attached hydrogen (secondary N) is 1. The molecule has 2 fully saturated rings. The van der Waals surface area contributed by atoms with Crippen LogP contribution in [-0.4, -0.2) is 47.7 Å². The van der Waals surface area contributed by atoms with Crippen LogP contribution in [0.1, 0.15) is 39.0 Å². The molecule has 0 aromatic heterocycles. The van der Waals surface area contributed by atoms with E-state index in [1.54, 1.807) is 0 Å². The summed E-state index contributed by atoms with van der Waals surface area (Å²) in [7, 11) is 0. The summed E-state index contributed by atoms with van der Waals surface area (Å²) in [4.78, 5) is 7.10. The zero-order valence-corrected chi connectivity index (χ0v) is 11.3. The lowest BCUT2D eigenvalue weighted by Crippen LogP contribution is -2.49. The van der Waals surface area contributed by atoms with Crippen molar-refractivity contribution in [3.63, 3.8) is 0 Å². The molecule has 0 amide bonds. The summed E-state index contributed by atoms with van der Waals surface area (Å²) in [6.07, 6.45) is 5.82. The SMILES string of the molecule is CC1CCC2CN=C(NCC3CCCC3O)N2C1. The van der Waals surface area contributed by atoms with Crippen LogP contribution in [0.3, 0.4) is 0 Å². The van der Waals surface area contributed by atoms with Gasteiger partial charge >= 0.3 is 0 Å². The van der Waals surface area contributed by atoms with E-state index in [1.807, 2.05) is 0 Å². The average molecular weight is 251 g/mol. The van der Waals surface area contributed by atoms with E-state index < -0.39 is 0 Å². The van der Waals surface area contributed by atoms with Gasteiger partial charge in [0.05, 0.1) is 18.7 Å². The minimum atomic E-state index is -0.101. The summed E-state index contributed by atoms with van der Waals surface area (Å²) >= 11 is 0. The van der Waals surface area contributed by atoms with Gasteiger partial charge in [0.1, 0.15) is 0 Å². The molecule has 0 radical (unpaired) electrons. The lowest BCUT2D eigenvalue weighted by molar-refractivity contribution is 0.133. The number of guanidine groups is 1. The Morgan fingerprint density at radius 1 is 1.33 bits per heavy atom. The molecule has 3 aliphatic rings. The number of rotatable bonds is 2. The van der Waals surface area contributed by atoms with Crippen molar-refractivity contribution in [3.8, 4) is 0 Å². The zero-order valence-electron chi connectivity index (χ0n) is 11.3. The van der Waals surface area contributed by atoms with Crippen molar-refractivity contribution in [1.29, 1.82) is 0 Å². The van der Waals surface area contributed by atoms with Gasteiger partial charge in [-0.3, -0.25) is 4.99 Å². The second-order valence-corrected chi connectivity index (χ2v) is 6.29. The van der Waals surface area contributed by atoms with E-state index in [2.05, 4.69) is 22.1 Å². The van der Waals surface area contributed by atoms with Crippen LogP contribution in [-0.2, 0) is 0 Å². The smallest absolute Gasteiger partial charge is 0.194 e. The fraction of sp³-hybridized carbons (Fsp3) is 0.929. The monoisotopic (exact) mass is 251 g/mol. The molecule has 2 heterocycles. The van der Waals surface area contributed by atoms with Crippen LogP contribution in [0.5, 0.6) is 0 Å². The van der Waals surface area contributed by atoms with E-state index >= 15 is 0 Å². The highest BCUT2D eigenvalue weighted by Crippen LogP contribution is 2.27. The Balaban J connectivity index is 1.53. The zero-order chi connectivity index (χ0) is 12.5.